The topological polar surface area (TPSA) is 89.9 Å². The van der Waals surface area contributed by atoms with Gasteiger partial charge in [0.2, 0.25) is 0 Å². The van der Waals surface area contributed by atoms with E-state index in [-0.39, 0.29) is 11.5 Å². The summed E-state index contributed by atoms with van der Waals surface area (Å²) in [4.78, 5) is 10.9. The smallest absolute Gasteiger partial charge is 0.346 e. The lowest BCUT2D eigenvalue weighted by Crippen LogP contribution is -1.97. The van der Waals surface area contributed by atoms with Gasteiger partial charge in [0.15, 0.2) is 11.5 Å². The molecule has 0 bridgehead atoms. The molecule has 17 heavy (non-hydrogen) atoms. The van der Waals surface area contributed by atoms with E-state index in [1.807, 2.05) is 0 Å². The first-order valence-corrected chi connectivity index (χ1v) is 5.54. The van der Waals surface area contributed by atoms with Gasteiger partial charge in [-0.3, -0.25) is 0 Å². The van der Waals surface area contributed by atoms with E-state index in [1.165, 1.54) is 31.4 Å². The van der Waals surface area contributed by atoms with Crippen molar-refractivity contribution in [3.8, 4) is 11.5 Å². The Morgan fingerprint density at radius 2 is 2.12 bits per heavy atom. The van der Waals surface area contributed by atoms with Crippen LogP contribution in [0.5, 0.6) is 11.5 Å². The molecule has 0 aliphatic carbocycles. The van der Waals surface area contributed by atoms with Crippen LogP contribution in [0.15, 0.2) is 24.3 Å². The molecule has 0 aromatic heterocycles. The first-order chi connectivity index (χ1) is 8.02. The van der Waals surface area contributed by atoms with Crippen molar-refractivity contribution in [1.82, 2.24) is 0 Å². The fraction of sp³-hybridized carbons (Fsp3) is 0.100. The van der Waals surface area contributed by atoms with Gasteiger partial charge in [-0.05, 0) is 23.8 Å². The second-order valence-corrected chi connectivity index (χ2v) is 3.53. The predicted molar refractivity (Wildman–Crippen MR) is 60.1 cm³/mol. The highest BCUT2D eigenvalue weighted by Crippen LogP contribution is 2.26. The minimum Gasteiger partial charge on any atom is -0.504 e. The summed E-state index contributed by atoms with van der Waals surface area (Å²) < 4.78 is 28.9. The number of hydrogen-bond donors (Lipinski definition) is 2. The number of phenolic OH excluding ortho intramolecular Hbond substituents is 1. The molecule has 0 unspecified atom stereocenters. The van der Waals surface area contributed by atoms with Gasteiger partial charge < -0.3 is 14.0 Å². The maximum absolute atomic E-state index is 10.9. The van der Waals surface area contributed by atoms with E-state index >= 15 is 0 Å². The highest BCUT2D eigenvalue weighted by molar-refractivity contribution is 7.67. The number of methoxy groups -OCH3 is 1. The summed E-state index contributed by atoms with van der Waals surface area (Å²) in [5, 5.41) is 9.31. The maximum atomic E-state index is 10.9. The summed E-state index contributed by atoms with van der Waals surface area (Å²) in [7, 11) is -1.81. The molecule has 1 rings (SSSR count). The van der Waals surface area contributed by atoms with E-state index in [4.69, 9.17) is 4.74 Å². The molecule has 0 saturated carbocycles. The zero-order valence-corrected chi connectivity index (χ0v) is 9.72. The number of phenols is 1. The second-order valence-electron chi connectivity index (χ2n) is 2.90. The Balaban J connectivity index is 2.81. The van der Waals surface area contributed by atoms with Gasteiger partial charge in [0, 0.05) is 6.08 Å². The van der Waals surface area contributed by atoms with Crippen LogP contribution in [0, 0.1) is 0 Å². The van der Waals surface area contributed by atoms with Gasteiger partial charge in [-0.25, -0.2) is 4.79 Å². The van der Waals surface area contributed by atoms with Gasteiger partial charge >= 0.3 is 17.0 Å². The number of rotatable bonds is 4. The second kappa shape index (κ2) is 5.90. The standard InChI is InChI=1S/C10H10O6S/c1-15-9-6-7(2-4-8(9)11)3-5-10(12)16-17(13)14/h2-6,11,17H,1H3. The Morgan fingerprint density at radius 1 is 1.41 bits per heavy atom. The van der Waals surface area contributed by atoms with E-state index in [0.717, 1.165) is 6.08 Å². The van der Waals surface area contributed by atoms with Gasteiger partial charge in [0.05, 0.1) is 7.11 Å². The summed E-state index contributed by atoms with van der Waals surface area (Å²) in [5.41, 5.74) is 0.553. The van der Waals surface area contributed by atoms with Crippen molar-refractivity contribution in [1.29, 1.82) is 0 Å². The molecule has 0 fully saturated rings. The molecular weight excluding hydrogens is 248 g/mol. The van der Waals surface area contributed by atoms with Gasteiger partial charge in [0.1, 0.15) is 0 Å². The van der Waals surface area contributed by atoms with Crippen LogP contribution in [-0.2, 0) is 20.0 Å². The van der Waals surface area contributed by atoms with E-state index in [0.29, 0.717) is 5.56 Å². The summed E-state index contributed by atoms with van der Waals surface area (Å²) in [6.07, 6.45) is 2.29. The molecule has 6 nitrogen and oxygen atoms in total. The lowest BCUT2D eigenvalue weighted by Gasteiger charge is -2.03. The highest BCUT2D eigenvalue weighted by atomic mass is 32.2. The normalized spacial score (nSPS) is 10.7. The van der Waals surface area contributed by atoms with Gasteiger partial charge in [-0.1, -0.05) is 6.07 Å². The van der Waals surface area contributed by atoms with Crippen molar-refractivity contribution in [3.05, 3.63) is 29.8 Å². The van der Waals surface area contributed by atoms with Crippen LogP contribution in [0.4, 0.5) is 0 Å². The van der Waals surface area contributed by atoms with Gasteiger partial charge in [-0.2, -0.15) is 8.42 Å². The number of hydrogen-bond acceptors (Lipinski definition) is 6. The fourth-order valence-electron chi connectivity index (χ4n) is 1.07. The lowest BCUT2D eigenvalue weighted by atomic mass is 10.2. The fourth-order valence-corrected chi connectivity index (χ4v) is 1.27. The van der Waals surface area contributed by atoms with Crippen LogP contribution in [0.1, 0.15) is 5.56 Å². The molecule has 1 aromatic rings. The minimum absolute atomic E-state index is 0.0325. The first kappa shape index (κ1) is 13.0. The molecule has 92 valence electrons. The Hall–Kier alpha value is -2.02. The summed E-state index contributed by atoms with van der Waals surface area (Å²) in [6, 6.07) is 4.40. The van der Waals surface area contributed by atoms with E-state index in [1.54, 1.807) is 0 Å². The van der Waals surface area contributed by atoms with Gasteiger partial charge in [-0.15, -0.1) is 0 Å². The predicted octanol–water partition coefficient (Wildman–Crippen LogP) is 0.484. The number of carbonyl (C=O) groups is 1. The molecule has 0 atom stereocenters. The minimum atomic E-state index is -3.20. The Morgan fingerprint density at radius 3 is 2.71 bits per heavy atom. The van der Waals surface area contributed by atoms with Crippen molar-refractivity contribution in [2.45, 2.75) is 0 Å². The number of thiol groups is 1. The van der Waals surface area contributed by atoms with Crippen molar-refractivity contribution in [3.63, 3.8) is 0 Å². The molecule has 0 heterocycles. The molecule has 0 radical (unpaired) electrons. The largest absolute Gasteiger partial charge is 0.504 e. The molecule has 1 aromatic carbocycles. The summed E-state index contributed by atoms with van der Waals surface area (Å²) >= 11 is 0. The molecule has 1 N–H and O–H groups in total. The monoisotopic (exact) mass is 258 g/mol. The molecule has 0 aliphatic rings. The zero-order chi connectivity index (χ0) is 12.8. The number of benzene rings is 1. The van der Waals surface area contributed by atoms with Crippen LogP contribution < -0.4 is 4.74 Å². The summed E-state index contributed by atoms with van der Waals surface area (Å²) in [6.45, 7) is 0. The highest BCUT2D eigenvalue weighted by Gasteiger charge is 2.02. The van der Waals surface area contributed by atoms with Crippen LogP contribution in [0.2, 0.25) is 0 Å². The Labute approximate surface area is 99.3 Å². The molecule has 0 spiro atoms. The van der Waals surface area contributed by atoms with Crippen molar-refractivity contribution in [2.75, 3.05) is 7.11 Å². The van der Waals surface area contributed by atoms with E-state index in [2.05, 4.69) is 4.18 Å². The molecular formula is C10H10O6S. The SMILES string of the molecule is COc1cc(C=CC(=O)O[SH](=O)=O)ccc1O. The van der Waals surface area contributed by atoms with Crippen LogP contribution >= 0.6 is 0 Å². The average Bonchev–Trinajstić information content (AvgIpc) is 2.27. The van der Waals surface area contributed by atoms with E-state index in [9.17, 15) is 18.3 Å². The molecule has 0 saturated heterocycles. The van der Waals surface area contributed by atoms with Crippen LogP contribution in [0.3, 0.4) is 0 Å². The maximum Gasteiger partial charge on any atom is 0.346 e. The lowest BCUT2D eigenvalue weighted by molar-refractivity contribution is -0.128. The first-order valence-electron chi connectivity index (χ1n) is 4.44. The van der Waals surface area contributed by atoms with Crippen LogP contribution in [0.25, 0.3) is 6.08 Å². The zero-order valence-electron chi connectivity index (χ0n) is 8.82. The number of ether oxygens (including phenoxy) is 1. The quantitative estimate of drug-likeness (QED) is 0.603. The third-order valence-electron chi connectivity index (χ3n) is 1.78. The Bertz CT molecular complexity index is 510. The third-order valence-corrected chi connectivity index (χ3v) is 2.11. The van der Waals surface area contributed by atoms with Gasteiger partial charge in [0.25, 0.3) is 0 Å². The van der Waals surface area contributed by atoms with Crippen molar-refractivity contribution >= 4 is 23.0 Å². The van der Waals surface area contributed by atoms with E-state index < -0.39 is 17.0 Å². The Kier molecular flexibility index (Phi) is 4.53. The third kappa shape index (κ3) is 4.15. The van der Waals surface area contributed by atoms with Crippen molar-refractivity contribution in [2.24, 2.45) is 0 Å². The average molecular weight is 258 g/mol. The number of aromatic hydroxyl groups is 1. The molecule has 0 aliphatic heterocycles. The summed E-state index contributed by atoms with van der Waals surface area (Å²) in [5.74, 6) is -0.779. The van der Waals surface area contributed by atoms with Crippen molar-refractivity contribution < 1.29 is 27.2 Å². The number of carbonyl (C=O) groups excluding carboxylic acids is 1. The molecule has 0 amide bonds. The van der Waals surface area contributed by atoms with Crippen LogP contribution in [-0.4, -0.2) is 26.6 Å². The molecule has 7 heteroatoms.